The van der Waals surface area contributed by atoms with Gasteiger partial charge in [-0.2, -0.15) is 4.72 Å². The van der Waals surface area contributed by atoms with Crippen LogP contribution in [-0.4, -0.2) is 41.1 Å². The molecule has 28 heavy (non-hydrogen) atoms. The molecule has 0 saturated heterocycles. The van der Waals surface area contributed by atoms with Crippen LogP contribution < -0.4 is 19.5 Å². The van der Waals surface area contributed by atoms with Crippen molar-refractivity contribution in [3.05, 3.63) is 66.7 Å². The van der Waals surface area contributed by atoms with Gasteiger partial charge in [-0.15, -0.1) is 6.58 Å². The Morgan fingerprint density at radius 1 is 1.11 bits per heavy atom. The number of sulfonamides is 1. The fraction of sp³-hybridized carbons (Fsp3) is 0.250. The molecule has 0 aliphatic rings. The second-order valence-corrected chi connectivity index (χ2v) is 7.63. The first-order chi connectivity index (χ1) is 13.4. The first-order valence-corrected chi connectivity index (χ1v) is 10.1. The predicted octanol–water partition coefficient (Wildman–Crippen LogP) is 1.90. The van der Waals surface area contributed by atoms with Gasteiger partial charge in [0.25, 0.3) is 0 Å². The highest BCUT2D eigenvalue weighted by Gasteiger charge is 2.26. The third-order valence-corrected chi connectivity index (χ3v) is 5.45. The molecule has 2 aromatic carbocycles. The Bertz CT molecular complexity index is 913. The molecule has 0 aliphatic carbocycles. The molecule has 1 atom stereocenters. The van der Waals surface area contributed by atoms with E-state index in [0.717, 1.165) is 5.56 Å². The van der Waals surface area contributed by atoms with Crippen LogP contribution in [0.5, 0.6) is 11.5 Å². The van der Waals surface area contributed by atoms with Crippen molar-refractivity contribution >= 4 is 15.9 Å². The number of hydrogen-bond donors (Lipinski definition) is 2. The van der Waals surface area contributed by atoms with Gasteiger partial charge in [-0.25, -0.2) is 8.42 Å². The molecule has 7 nitrogen and oxygen atoms in total. The van der Waals surface area contributed by atoms with Crippen LogP contribution in [0.3, 0.4) is 0 Å². The molecule has 0 aromatic heterocycles. The summed E-state index contributed by atoms with van der Waals surface area (Å²) in [6.07, 6.45) is 1.73. The van der Waals surface area contributed by atoms with Gasteiger partial charge in [-0.1, -0.05) is 36.4 Å². The standard InChI is InChI=1S/C20H24N2O5S/c1-4-12-21-20(23)17(13-15-8-6-5-7-9-15)22-28(24,25)16-10-11-18(26-2)19(14-16)27-3/h4-11,14,17,22H,1,12-13H2,2-3H3,(H,21,23)/t17-/m1/s1. The maximum Gasteiger partial charge on any atom is 0.241 e. The Morgan fingerprint density at radius 3 is 2.39 bits per heavy atom. The van der Waals surface area contributed by atoms with Gasteiger partial charge in [0.2, 0.25) is 15.9 Å². The second kappa shape index (κ2) is 9.91. The number of benzene rings is 2. The van der Waals surface area contributed by atoms with Crippen LogP contribution in [0.4, 0.5) is 0 Å². The molecule has 0 radical (unpaired) electrons. The van der Waals surface area contributed by atoms with Gasteiger partial charge in [0.05, 0.1) is 19.1 Å². The molecule has 8 heteroatoms. The quantitative estimate of drug-likeness (QED) is 0.590. The summed E-state index contributed by atoms with van der Waals surface area (Å²) in [5.74, 6) is 0.250. The van der Waals surface area contributed by atoms with E-state index in [4.69, 9.17) is 9.47 Å². The van der Waals surface area contributed by atoms with Crippen LogP contribution >= 0.6 is 0 Å². The summed E-state index contributed by atoms with van der Waals surface area (Å²) < 4.78 is 38.5. The summed E-state index contributed by atoms with van der Waals surface area (Å²) in [4.78, 5) is 12.5. The Balaban J connectivity index is 2.30. The minimum Gasteiger partial charge on any atom is -0.493 e. The molecular formula is C20H24N2O5S. The van der Waals surface area contributed by atoms with E-state index in [0.29, 0.717) is 5.75 Å². The number of carbonyl (C=O) groups excluding carboxylic acids is 1. The van der Waals surface area contributed by atoms with Crippen molar-refractivity contribution in [2.75, 3.05) is 20.8 Å². The lowest BCUT2D eigenvalue weighted by molar-refractivity contribution is -0.122. The predicted molar refractivity (Wildman–Crippen MR) is 107 cm³/mol. The number of carbonyl (C=O) groups is 1. The smallest absolute Gasteiger partial charge is 0.241 e. The molecule has 0 unspecified atom stereocenters. The molecule has 0 heterocycles. The molecule has 2 N–H and O–H groups in total. The van der Waals surface area contributed by atoms with Gasteiger partial charge in [-0.3, -0.25) is 4.79 Å². The van der Waals surface area contributed by atoms with E-state index in [9.17, 15) is 13.2 Å². The fourth-order valence-electron chi connectivity index (χ4n) is 2.57. The molecule has 0 saturated carbocycles. The first kappa shape index (κ1) is 21.5. The van der Waals surface area contributed by atoms with Crippen molar-refractivity contribution in [3.63, 3.8) is 0 Å². The molecule has 2 rings (SSSR count). The van der Waals surface area contributed by atoms with Gasteiger partial charge in [0.15, 0.2) is 11.5 Å². The molecule has 0 bridgehead atoms. The van der Waals surface area contributed by atoms with Crippen molar-refractivity contribution in [2.45, 2.75) is 17.4 Å². The average molecular weight is 404 g/mol. The molecule has 2 aromatic rings. The molecule has 1 amide bonds. The third kappa shape index (κ3) is 5.58. The molecular weight excluding hydrogens is 380 g/mol. The van der Waals surface area contributed by atoms with Crippen molar-refractivity contribution in [3.8, 4) is 11.5 Å². The average Bonchev–Trinajstić information content (AvgIpc) is 2.71. The van der Waals surface area contributed by atoms with E-state index in [-0.39, 0.29) is 23.6 Å². The van der Waals surface area contributed by atoms with Gasteiger partial charge < -0.3 is 14.8 Å². The summed E-state index contributed by atoms with van der Waals surface area (Å²) in [6.45, 7) is 3.79. The lowest BCUT2D eigenvalue weighted by Gasteiger charge is -2.19. The third-order valence-electron chi connectivity index (χ3n) is 3.98. The summed E-state index contributed by atoms with van der Waals surface area (Å²) in [7, 11) is -1.10. The van der Waals surface area contributed by atoms with Crippen LogP contribution in [0.25, 0.3) is 0 Å². The zero-order valence-electron chi connectivity index (χ0n) is 15.8. The van der Waals surface area contributed by atoms with E-state index in [1.165, 1.54) is 38.5 Å². The van der Waals surface area contributed by atoms with Crippen LogP contribution in [0.1, 0.15) is 5.56 Å². The summed E-state index contributed by atoms with van der Waals surface area (Å²) in [5.41, 5.74) is 0.830. The van der Waals surface area contributed by atoms with Gasteiger partial charge in [0, 0.05) is 12.6 Å². The van der Waals surface area contributed by atoms with Crippen LogP contribution in [0, 0.1) is 0 Å². The fourth-order valence-corrected chi connectivity index (χ4v) is 3.78. The number of nitrogens with one attached hydrogen (secondary N) is 2. The number of hydrogen-bond acceptors (Lipinski definition) is 5. The zero-order chi connectivity index (χ0) is 20.6. The Labute approximate surface area is 165 Å². The number of methoxy groups -OCH3 is 2. The lowest BCUT2D eigenvalue weighted by atomic mass is 10.1. The summed E-state index contributed by atoms with van der Waals surface area (Å²) in [5, 5.41) is 2.64. The minimum absolute atomic E-state index is 0.0280. The maximum absolute atomic E-state index is 12.9. The van der Waals surface area contributed by atoms with Crippen molar-refractivity contribution in [1.29, 1.82) is 0 Å². The largest absolute Gasteiger partial charge is 0.493 e. The second-order valence-electron chi connectivity index (χ2n) is 5.91. The highest BCUT2D eigenvalue weighted by molar-refractivity contribution is 7.89. The Kier molecular flexibility index (Phi) is 7.60. The summed E-state index contributed by atoms with van der Waals surface area (Å²) in [6, 6.07) is 12.4. The molecule has 0 spiro atoms. The first-order valence-electron chi connectivity index (χ1n) is 8.58. The van der Waals surface area contributed by atoms with Crippen molar-refractivity contribution in [1.82, 2.24) is 10.0 Å². The lowest BCUT2D eigenvalue weighted by Crippen LogP contribution is -2.48. The van der Waals surface area contributed by atoms with E-state index in [1.807, 2.05) is 30.3 Å². The van der Waals surface area contributed by atoms with Crippen LogP contribution in [0.2, 0.25) is 0 Å². The van der Waals surface area contributed by atoms with Gasteiger partial charge in [0.1, 0.15) is 6.04 Å². The number of rotatable bonds is 10. The monoisotopic (exact) mass is 404 g/mol. The molecule has 0 aliphatic heterocycles. The van der Waals surface area contributed by atoms with E-state index < -0.39 is 22.0 Å². The Hall–Kier alpha value is -2.84. The Morgan fingerprint density at radius 2 is 1.79 bits per heavy atom. The van der Waals surface area contributed by atoms with Crippen molar-refractivity contribution in [2.24, 2.45) is 0 Å². The number of ether oxygens (including phenoxy) is 2. The topological polar surface area (TPSA) is 93.7 Å². The maximum atomic E-state index is 12.9. The van der Waals surface area contributed by atoms with Gasteiger partial charge >= 0.3 is 0 Å². The van der Waals surface area contributed by atoms with E-state index >= 15 is 0 Å². The van der Waals surface area contributed by atoms with Gasteiger partial charge in [-0.05, 0) is 24.1 Å². The summed E-state index contributed by atoms with van der Waals surface area (Å²) >= 11 is 0. The van der Waals surface area contributed by atoms with Crippen LogP contribution in [0.15, 0.2) is 66.1 Å². The highest BCUT2D eigenvalue weighted by Crippen LogP contribution is 2.29. The molecule has 150 valence electrons. The van der Waals surface area contributed by atoms with E-state index in [2.05, 4.69) is 16.6 Å². The van der Waals surface area contributed by atoms with Crippen molar-refractivity contribution < 1.29 is 22.7 Å². The highest BCUT2D eigenvalue weighted by atomic mass is 32.2. The van der Waals surface area contributed by atoms with Crippen LogP contribution in [-0.2, 0) is 21.2 Å². The normalized spacial score (nSPS) is 12.1. The van der Waals surface area contributed by atoms with E-state index in [1.54, 1.807) is 0 Å². The number of amides is 1. The molecule has 0 fully saturated rings. The zero-order valence-corrected chi connectivity index (χ0v) is 16.7. The minimum atomic E-state index is -3.98. The SMILES string of the molecule is C=CCNC(=O)[C@@H](Cc1ccccc1)NS(=O)(=O)c1ccc(OC)c(OC)c1.